The highest BCUT2D eigenvalue weighted by Crippen LogP contribution is 2.23. The molecule has 0 radical (unpaired) electrons. The summed E-state index contributed by atoms with van der Waals surface area (Å²) in [6.45, 7) is 9.77. The van der Waals surface area contributed by atoms with Gasteiger partial charge in [-0.3, -0.25) is 4.79 Å². The van der Waals surface area contributed by atoms with E-state index in [0.717, 1.165) is 12.1 Å². The third-order valence-electron chi connectivity index (χ3n) is 3.34. The molecule has 20 heavy (non-hydrogen) atoms. The van der Waals surface area contributed by atoms with Crippen molar-refractivity contribution in [3.63, 3.8) is 0 Å². The summed E-state index contributed by atoms with van der Waals surface area (Å²) in [4.78, 5) is 12.2. The second kappa shape index (κ2) is 8.28. The lowest BCUT2D eigenvalue weighted by Gasteiger charge is -2.25. The molecule has 4 heteroatoms. The highest BCUT2D eigenvalue weighted by molar-refractivity contribution is 6.30. The molecule has 2 N–H and O–H groups in total. The maximum Gasteiger partial charge on any atom is 0.224 e. The molecule has 0 heterocycles. The molecule has 0 saturated carbocycles. The van der Waals surface area contributed by atoms with Crippen molar-refractivity contribution in [1.82, 2.24) is 10.6 Å². The second-order valence-electron chi connectivity index (χ2n) is 5.49. The Morgan fingerprint density at radius 2 is 1.80 bits per heavy atom. The molecular weight excluding hydrogens is 272 g/mol. The van der Waals surface area contributed by atoms with Crippen LogP contribution in [0.5, 0.6) is 0 Å². The van der Waals surface area contributed by atoms with Gasteiger partial charge in [0.05, 0.1) is 6.04 Å². The van der Waals surface area contributed by atoms with Crippen LogP contribution in [0, 0.1) is 11.8 Å². The van der Waals surface area contributed by atoms with Crippen LogP contribution in [-0.2, 0) is 4.79 Å². The molecule has 0 aromatic heterocycles. The summed E-state index contributed by atoms with van der Waals surface area (Å²) in [5.74, 6) is 0.370. The fourth-order valence-electron chi connectivity index (χ4n) is 2.05. The fourth-order valence-corrected chi connectivity index (χ4v) is 2.18. The molecule has 0 aliphatic rings. The van der Waals surface area contributed by atoms with Gasteiger partial charge in [-0.2, -0.15) is 0 Å². The van der Waals surface area contributed by atoms with Crippen molar-refractivity contribution < 1.29 is 4.79 Å². The molecular formula is C16H25ClN2O. The SMILES string of the molecule is CCNCC(C)C(=O)NC(c1ccc(Cl)cc1)C(C)C. The van der Waals surface area contributed by atoms with E-state index in [1.165, 1.54) is 0 Å². The smallest absolute Gasteiger partial charge is 0.224 e. The summed E-state index contributed by atoms with van der Waals surface area (Å²) >= 11 is 5.91. The van der Waals surface area contributed by atoms with Gasteiger partial charge < -0.3 is 10.6 Å². The molecule has 3 nitrogen and oxygen atoms in total. The van der Waals surface area contributed by atoms with E-state index in [9.17, 15) is 4.79 Å². The Morgan fingerprint density at radius 3 is 2.30 bits per heavy atom. The Kier molecular flexibility index (Phi) is 7.03. The average molecular weight is 297 g/mol. The number of hydrogen-bond donors (Lipinski definition) is 2. The first-order valence-electron chi connectivity index (χ1n) is 7.22. The maximum atomic E-state index is 12.2. The first-order chi connectivity index (χ1) is 9.45. The Bertz CT molecular complexity index is 417. The van der Waals surface area contributed by atoms with Crippen molar-refractivity contribution in [2.24, 2.45) is 11.8 Å². The highest BCUT2D eigenvalue weighted by Gasteiger charge is 2.21. The van der Waals surface area contributed by atoms with Gasteiger partial charge in [-0.1, -0.05) is 51.4 Å². The van der Waals surface area contributed by atoms with Crippen molar-refractivity contribution >= 4 is 17.5 Å². The molecule has 1 aromatic rings. The van der Waals surface area contributed by atoms with Crippen LogP contribution in [0.15, 0.2) is 24.3 Å². The van der Waals surface area contributed by atoms with Crippen molar-refractivity contribution in [3.8, 4) is 0 Å². The lowest BCUT2D eigenvalue weighted by molar-refractivity contribution is -0.125. The van der Waals surface area contributed by atoms with Gasteiger partial charge in [-0.25, -0.2) is 0 Å². The molecule has 2 unspecified atom stereocenters. The molecule has 1 amide bonds. The number of carbonyl (C=O) groups is 1. The van der Waals surface area contributed by atoms with E-state index in [4.69, 9.17) is 11.6 Å². The third kappa shape index (κ3) is 5.14. The molecule has 0 aliphatic carbocycles. The van der Waals surface area contributed by atoms with Gasteiger partial charge in [0.2, 0.25) is 5.91 Å². The van der Waals surface area contributed by atoms with Gasteiger partial charge >= 0.3 is 0 Å². The van der Waals surface area contributed by atoms with Gasteiger partial charge in [0.15, 0.2) is 0 Å². The Labute approximate surface area is 127 Å². The molecule has 1 aromatic carbocycles. The molecule has 0 spiro atoms. The summed E-state index contributed by atoms with van der Waals surface area (Å²) in [5, 5.41) is 7.05. The summed E-state index contributed by atoms with van der Waals surface area (Å²) < 4.78 is 0. The molecule has 1 rings (SSSR count). The van der Waals surface area contributed by atoms with E-state index in [0.29, 0.717) is 17.5 Å². The predicted octanol–water partition coefficient (Wildman–Crippen LogP) is 3.40. The van der Waals surface area contributed by atoms with E-state index < -0.39 is 0 Å². The zero-order chi connectivity index (χ0) is 15.1. The minimum absolute atomic E-state index is 0.0174. The Hall–Kier alpha value is -1.06. The number of halogens is 1. The van der Waals surface area contributed by atoms with Crippen molar-refractivity contribution in [2.45, 2.75) is 33.7 Å². The van der Waals surface area contributed by atoms with Crippen LogP contribution >= 0.6 is 11.6 Å². The number of amides is 1. The molecule has 2 atom stereocenters. The number of benzene rings is 1. The summed E-state index contributed by atoms with van der Waals surface area (Å²) in [6, 6.07) is 7.69. The van der Waals surface area contributed by atoms with Crippen LogP contribution in [0.2, 0.25) is 5.02 Å². The lowest BCUT2D eigenvalue weighted by Crippen LogP contribution is -2.39. The Morgan fingerprint density at radius 1 is 1.20 bits per heavy atom. The number of carbonyl (C=O) groups excluding carboxylic acids is 1. The zero-order valence-electron chi connectivity index (χ0n) is 12.7. The van der Waals surface area contributed by atoms with Crippen LogP contribution < -0.4 is 10.6 Å². The first-order valence-corrected chi connectivity index (χ1v) is 7.60. The summed E-state index contributed by atoms with van der Waals surface area (Å²) in [6.07, 6.45) is 0. The van der Waals surface area contributed by atoms with Gasteiger partial charge in [-0.15, -0.1) is 0 Å². The number of rotatable bonds is 7. The van der Waals surface area contributed by atoms with Gasteiger partial charge in [-0.05, 0) is 30.2 Å². The normalized spacial score (nSPS) is 14.1. The minimum Gasteiger partial charge on any atom is -0.349 e. The van der Waals surface area contributed by atoms with E-state index in [-0.39, 0.29) is 17.9 Å². The van der Waals surface area contributed by atoms with Crippen LogP contribution in [-0.4, -0.2) is 19.0 Å². The number of hydrogen-bond acceptors (Lipinski definition) is 2. The maximum absolute atomic E-state index is 12.2. The fraction of sp³-hybridized carbons (Fsp3) is 0.562. The monoisotopic (exact) mass is 296 g/mol. The van der Waals surface area contributed by atoms with Gasteiger partial charge in [0, 0.05) is 17.5 Å². The summed E-state index contributed by atoms with van der Waals surface area (Å²) in [7, 11) is 0. The Balaban J connectivity index is 2.72. The topological polar surface area (TPSA) is 41.1 Å². The number of nitrogens with one attached hydrogen (secondary N) is 2. The minimum atomic E-state index is -0.0384. The first kappa shape index (κ1) is 17.0. The molecule has 112 valence electrons. The van der Waals surface area contributed by atoms with Crippen molar-refractivity contribution in [1.29, 1.82) is 0 Å². The predicted molar refractivity (Wildman–Crippen MR) is 84.9 cm³/mol. The van der Waals surface area contributed by atoms with Crippen LogP contribution in [0.3, 0.4) is 0 Å². The zero-order valence-corrected chi connectivity index (χ0v) is 13.5. The van der Waals surface area contributed by atoms with Crippen LogP contribution in [0.4, 0.5) is 0 Å². The van der Waals surface area contributed by atoms with Crippen LogP contribution in [0.1, 0.15) is 39.3 Å². The lowest BCUT2D eigenvalue weighted by atomic mass is 9.95. The summed E-state index contributed by atoms with van der Waals surface area (Å²) in [5.41, 5.74) is 1.09. The average Bonchev–Trinajstić information content (AvgIpc) is 2.42. The van der Waals surface area contributed by atoms with E-state index >= 15 is 0 Å². The van der Waals surface area contributed by atoms with E-state index in [1.54, 1.807) is 0 Å². The molecule has 0 aliphatic heterocycles. The molecule has 0 fully saturated rings. The third-order valence-corrected chi connectivity index (χ3v) is 3.59. The van der Waals surface area contributed by atoms with Crippen LogP contribution in [0.25, 0.3) is 0 Å². The quantitative estimate of drug-likeness (QED) is 0.810. The van der Waals surface area contributed by atoms with Gasteiger partial charge in [0.25, 0.3) is 0 Å². The standard InChI is InChI=1S/C16H25ClN2O/c1-5-18-10-12(4)16(20)19-15(11(2)3)13-6-8-14(17)9-7-13/h6-9,11-12,15,18H,5,10H2,1-4H3,(H,19,20). The van der Waals surface area contributed by atoms with Gasteiger partial charge in [0.1, 0.15) is 0 Å². The second-order valence-corrected chi connectivity index (χ2v) is 5.93. The van der Waals surface area contributed by atoms with Crippen molar-refractivity contribution in [3.05, 3.63) is 34.9 Å². The van der Waals surface area contributed by atoms with E-state index in [1.807, 2.05) is 38.1 Å². The van der Waals surface area contributed by atoms with E-state index in [2.05, 4.69) is 24.5 Å². The largest absolute Gasteiger partial charge is 0.349 e. The van der Waals surface area contributed by atoms with Crippen molar-refractivity contribution in [2.75, 3.05) is 13.1 Å². The molecule has 0 bridgehead atoms. The molecule has 0 saturated heterocycles. The highest BCUT2D eigenvalue weighted by atomic mass is 35.5.